The van der Waals surface area contributed by atoms with Crippen LogP contribution in [0.5, 0.6) is 0 Å². The molecule has 2 aromatic rings. The Bertz CT molecular complexity index is 1030. The fourth-order valence-electron chi connectivity index (χ4n) is 2.93. The summed E-state index contributed by atoms with van der Waals surface area (Å²) < 4.78 is 70.2. The van der Waals surface area contributed by atoms with Gasteiger partial charge >= 0.3 is 6.18 Å². The zero-order valence-electron chi connectivity index (χ0n) is 16.9. The van der Waals surface area contributed by atoms with Gasteiger partial charge in [-0.2, -0.15) is 13.2 Å². The molecular weight excluding hydrogens is 457 g/mol. The van der Waals surface area contributed by atoms with Crippen LogP contribution in [0.3, 0.4) is 0 Å². The van der Waals surface area contributed by atoms with Crippen LogP contribution in [-0.4, -0.2) is 34.2 Å². The molecule has 31 heavy (non-hydrogen) atoms. The van der Waals surface area contributed by atoms with Gasteiger partial charge in [0.05, 0.1) is 24.1 Å². The van der Waals surface area contributed by atoms with Crippen LogP contribution in [0, 0.1) is 0 Å². The van der Waals surface area contributed by atoms with Crippen LogP contribution in [-0.2, 0) is 32.3 Å². The van der Waals surface area contributed by atoms with E-state index in [4.69, 9.17) is 16.3 Å². The van der Waals surface area contributed by atoms with Crippen LogP contribution in [0.2, 0.25) is 5.02 Å². The summed E-state index contributed by atoms with van der Waals surface area (Å²) in [6, 6.07) is 9.85. The first-order valence-electron chi connectivity index (χ1n) is 9.14. The highest BCUT2D eigenvalue weighted by Gasteiger charge is 2.36. The molecule has 0 radical (unpaired) electrons. The Morgan fingerprint density at radius 2 is 1.90 bits per heavy atom. The second kappa shape index (κ2) is 10.3. The Morgan fingerprint density at radius 3 is 2.52 bits per heavy atom. The normalized spacial score (nSPS) is 11.9. The van der Waals surface area contributed by atoms with E-state index in [-0.39, 0.29) is 24.4 Å². The second-order valence-electron chi connectivity index (χ2n) is 6.78. The van der Waals surface area contributed by atoms with Gasteiger partial charge in [0.15, 0.2) is 0 Å². The number of hydrogen-bond donors (Lipinski definition) is 1. The number of rotatable bonds is 9. The fraction of sp³-hybridized carbons (Fsp3) is 0.350. The molecule has 0 spiro atoms. The molecule has 0 atom stereocenters. The molecule has 0 aliphatic carbocycles. The highest BCUT2D eigenvalue weighted by molar-refractivity contribution is 7.92. The van der Waals surface area contributed by atoms with Crippen molar-refractivity contribution in [3.05, 3.63) is 58.6 Å². The number of ether oxygens (including phenoxy) is 1. The summed E-state index contributed by atoms with van der Waals surface area (Å²) in [5.41, 5.74) is -0.306. The van der Waals surface area contributed by atoms with Gasteiger partial charge in [0.1, 0.15) is 0 Å². The predicted octanol–water partition coefficient (Wildman–Crippen LogP) is 4.69. The number of anilines is 2. The molecule has 0 aromatic heterocycles. The monoisotopic (exact) mass is 478 g/mol. The number of amides is 1. The number of sulfonamides is 1. The molecule has 0 unspecified atom stereocenters. The van der Waals surface area contributed by atoms with Gasteiger partial charge in [0.2, 0.25) is 15.9 Å². The topological polar surface area (TPSA) is 75.7 Å². The number of hydrogen-bond acceptors (Lipinski definition) is 4. The van der Waals surface area contributed by atoms with Crippen molar-refractivity contribution in [3.8, 4) is 0 Å². The Labute approximate surface area is 184 Å². The molecular formula is C20H22ClF3N2O4S. The van der Waals surface area contributed by atoms with Crippen molar-refractivity contribution in [2.75, 3.05) is 29.5 Å². The lowest BCUT2D eigenvalue weighted by molar-refractivity contribution is -0.137. The summed E-state index contributed by atoms with van der Waals surface area (Å²) >= 11 is 5.67. The van der Waals surface area contributed by atoms with Crippen LogP contribution < -0.4 is 9.62 Å². The molecule has 170 valence electrons. The molecule has 1 N–H and O–H groups in total. The first-order valence-corrected chi connectivity index (χ1v) is 11.4. The van der Waals surface area contributed by atoms with E-state index in [1.54, 1.807) is 25.3 Å². The molecule has 0 saturated carbocycles. The number of carbonyl (C=O) groups is 1. The van der Waals surface area contributed by atoms with Gasteiger partial charge in [-0.15, -0.1) is 0 Å². The molecule has 1 amide bonds. The smallest absolute Gasteiger partial charge is 0.380 e. The van der Waals surface area contributed by atoms with Gasteiger partial charge in [-0.25, -0.2) is 8.42 Å². The third-order valence-corrected chi connectivity index (χ3v) is 5.63. The van der Waals surface area contributed by atoms with Crippen LogP contribution in [0.15, 0.2) is 42.5 Å². The highest BCUT2D eigenvalue weighted by Crippen LogP contribution is 2.39. The summed E-state index contributed by atoms with van der Waals surface area (Å²) in [4.78, 5) is 12.2. The van der Waals surface area contributed by atoms with Crippen molar-refractivity contribution in [3.63, 3.8) is 0 Å². The molecule has 2 rings (SSSR count). The molecule has 0 aliphatic rings. The van der Waals surface area contributed by atoms with Gasteiger partial charge in [-0.1, -0.05) is 23.7 Å². The second-order valence-corrected chi connectivity index (χ2v) is 9.12. The van der Waals surface area contributed by atoms with E-state index < -0.39 is 33.4 Å². The minimum atomic E-state index is -4.80. The quantitative estimate of drug-likeness (QED) is 0.567. The first-order chi connectivity index (χ1) is 14.4. The molecule has 0 heterocycles. The maximum Gasteiger partial charge on any atom is 0.418 e. The minimum Gasteiger partial charge on any atom is -0.380 e. The van der Waals surface area contributed by atoms with Gasteiger partial charge < -0.3 is 10.1 Å². The average Bonchev–Trinajstić information content (AvgIpc) is 2.64. The van der Waals surface area contributed by atoms with Gasteiger partial charge in [-0.3, -0.25) is 9.10 Å². The molecule has 11 heteroatoms. The standard InChI is InChI=1S/C20H22ClF3N2O4S/c1-30-13-14-5-3-6-16(11-14)25-19(27)7-4-10-26(31(2,28)29)18-9-8-15(21)12-17(18)20(22,23)24/h3,5-6,8-9,11-12H,4,7,10,13H2,1-2H3,(H,25,27). The molecule has 6 nitrogen and oxygen atoms in total. The Kier molecular flexibility index (Phi) is 8.33. The van der Waals surface area contributed by atoms with Crippen LogP contribution >= 0.6 is 11.6 Å². The number of alkyl halides is 3. The highest BCUT2D eigenvalue weighted by atomic mass is 35.5. The Balaban J connectivity index is 2.11. The lowest BCUT2D eigenvalue weighted by Crippen LogP contribution is -2.33. The summed E-state index contributed by atoms with van der Waals surface area (Å²) in [6.45, 7) is 0.0658. The summed E-state index contributed by atoms with van der Waals surface area (Å²) in [5.74, 6) is -0.393. The third-order valence-electron chi connectivity index (χ3n) is 4.22. The van der Waals surface area contributed by atoms with Gasteiger partial charge in [-0.05, 0) is 42.3 Å². The van der Waals surface area contributed by atoms with Crippen molar-refractivity contribution in [2.45, 2.75) is 25.6 Å². The number of halogens is 4. The Morgan fingerprint density at radius 1 is 1.19 bits per heavy atom. The van der Waals surface area contributed by atoms with E-state index in [0.717, 1.165) is 17.9 Å². The van der Waals surface area contributed by atoms with Gasteiger partial charge in [0, 0.05) is 30.8 Å². The largest absolute Gasteiger partial charge is 0.418 e. The fourth-order valence-corrected chi connectivity index (χ4v) is 4.08. The maximum absolute atomic E-state index is 13.4. The van der Waals surface area contributed by atoms with Crippen molar-refractivity contribution < 1.29 is 31.1 Å². The molecule has 0 aliphatic heterocycles. The van der Waals surface area contributed by atoms with Crippen LogP contribution in [0.4, 0.5) is 24.5 Å². The molecule has 0 bridgehead atoms. The number of nitrogens with zero attached hydrogens (tertiary/aromatic N) is 1. The van der Waals surface area contributed by atoms with Gasteiger partial charge in [0.25, 0.3) is 0 Å². The Hall–Kier alpha value is -2.30. The van der Waals surface area contributed by atoms with Crippen molar-refractivity contribution in [1.82, 2.24) is 0 Å². The van der Waals surface area contributed by atoms with E-state index >= 15 is 0 Å². The zero-order valence-corrected chi connectivity index (χ0v) is 18.4. The number of benzene rings is 2. The van der Waals surface area contributed by atoms with E-state index in [0.29, 0.717) is 22.7 Å². The van der Waals surface area contributed by atoms with E-state index in [1.165, 1.54) is 6.07 Å². The predicted molar refractivity (Wildman–Crippen MR) is 114 cm³/mol. The van der Waals surface area contributed by atoms with Crippen molar-refractivity contribution in [1.29, 1.82) is 0 Å². The van der Waals surface area contributed by atoms with E-state index in [9.17, 15) is 26.4 Å². The summed E-state index contributed by atoms with van der Waals surface area (Å²) in [6.07, 6.45) is -4.07. The van der Waals surface area contributed by atoms with Crippen molar-refractivity contribution in [2.24, 2.45) is 0 Å². The third kappa shape index (κ3) is 7.41. The average molecular weight is 479 g/mol. The molecule has 2 aromatic carbocycles. The van der Waals surface area contributed by atoms with E-state index in [2.05, 4.69) is 5.32 Å². The number of carbonyl (C=O) groups excluding carboxylic acids is 1. The molecule has 0 fully saturated rings. The first kappa shape index (κ1) is 25.0. The number of methoxy groups -OCH3 is 1. The van der Waals surface area contributed by atoms with Crippen molar-refractivity contribution >= 4 is 38.9 Å². The maximum atomic E-state index is 13.4. The summed E-state index contributed by atoms with van der Waals surface area (Å²) in [7, 11) is -2.49. The van der Waals surface area contributed by atoms with Crippen LogP contribution in [0.1, 0.15) is 24.0 Å². The molecule has 0 saturated heterocycles. The summed E-state index contributed by atoms with van der Waals surface area (Å²) in [5, 5.41) is 2.51. The zero-order chi connectivity index (χ0) is 23.2. The SMILES string of the molecule is COCc1cccc(NC(=O)CCCN(c2ccc(Cl)cc2C(F)(F)F)S(C)(=O)=O)c1. The van der Waals surface area contributed by atoms with Crippen LogP contribution in [0.25, 0.3) is 0 Å². The lowest BCUT2D eigenvalue weighted by atomic mass is 10.1. The van der Waals surface area contributed by atoms with E-state index in [1.807, 2.05) is 6.07 Å². The lowest BCUT2D eigenvalue weighted by Gasteiger charge is -2.25. The minimum absolute atomic E-state index is 0.0105. The number of nitrogens with one attached hydrogen (secondary N) is 1.